The molecular weight excluding hydrogens is 338 g/mol. The molecule has 0 bridgehead atoms. The number of halogens is 1. The maximum Gasteiger partial charge on any atom is 0.269 e. The normalized spacial score (nSPS) is 10.4. The van der Waals surface area contributed by atoms with Gasteiger partial charge in [0.15, 0.2) is 0 Å². The van der Waals surface area contributed by atoms with Crippen molar-refractivity contribution in [3.05, 3.63) is 83.0 Å². The van der Waals surface area contributed by atoms with Gasteiger partial charge in [0.1, 0.15) is 11.5 Å². The number of amides is 1. The molecule has 0 spiro atoms. The number of rotatable bonds is 7. The summed E-state index contributed by atoms with van der Waals surface area (Å²) in [4.78, 5) is 16.4. The first-order valence-corrected chi connectivity index (χ1v) is 8.33. The molecule has 1 amide bonds. The van der Waals surface area contributed by atoms with Gasteiger partial charge in [0.05, 0.1) is 12.8 Å². The van der Waals surface area contributed by atoms with E-state index in [1.807, 2.05) is 42.5 Å². The molecule has 0 unspecified atom stereocenters. The Morgan fingerprint density at radius 3 is 2.88 bits per heavy atom. The number of pyridine rings is 1. The quantitative estimate of drug-likeness (QED) is 0.674. The van der Waals surface area contributed by atoms with Crippen molar-refractivity contribution in [3.63, 3.8) is 0 Å². The lowest BCUT2D eigenvalue weighted by atomic mass is 10.1. The highest BCUT2D eigenvalue weighted by Crippen LogP contribution is 2.12. The minimum absolute atomic E-state index is 0.205. The van der Waals surface area contributed by atoms with Crippen LogP contribution in [0.2, 0.25) is 5.02 Å². The lowest BCUT2D eigenvalue weighted by Crippen LogP contribution is -2.26. The largest absolute Gasteiger partial charge is 0.467 e. The Labute approximate surface area is 151 Å². The van der Waals surface area contributed by atoms with Gasteiger partial charge in [-0.15, -0.1) is 0 Å². The van der Waals surface area contributed by atoms with Crippen LogP contribution in [-0.2, 0) is 13.0 Å². The summed E-state index contributed by atoms with van der Waals surface area (Å²) >= 11 is 5.96. The van der Waals surface area contributed by atoms with Gasteiger partial charge in [-0.05, 0) is 48.4 Å². The van der Waals surface area contributed by atoms with Gasteiger partial charge in [0, 0.05) is 23.5 Å². The lowest BCUT2D eigenvalue weighted by Gasteiger charge is -2.08. The van der Waals surface area contributed by atoms with E-state index in [9.17, 15) is 4.79 Å². The average Bonchev–Trinajstić information content (AvgIpc) is 3.14. The average molecular weight is 356 g/mol. The van der Waals surface area contributed by atoms with Gasteiger partial charge in [-0.2, -0.15) is 0 Å². The topological polar surface area (TPSA) is 67.2 Å². The van der Waals surface area contributed by atoms with E-state index in [-0.39, 0.29) is 5.91 Å². The number of nitrogens with one attached hydrogen (secondary N) is 2. The highest BCUT2D eigenvalue weighted by Gasteiger charge is 2.08. The Bertz CT molecular complexity index is 834. The van der Waals surface area contributed by atoms with E-state index in [2.05, 4.69) is 15.6 Å². The first kappa shape index (κ1) is 17.0. The summed E-state index contributed by atoms with van der Waals surface area (Å²) in [5.41, 5.74) is 2.26. The van der Waals surface area contributed by atoms with Crippen molar-refractivity contribution in [2.75, 3.05) is 11.9 Å². The molecular formula is C19H18ClN3O2. The second kappa shape index (κ2) is 8.35. The zero-order chi connectivity index (χ0) is 17.5. The third kappa shape index (κ3) is 5.09. The molecule has 6 heteroatoms. The Kier molecular flexibility index (Phi) is 5.69. The zero-order valence-corrected chi connectivity index (χ0v) is 14.3. The van der Waals surface area contributed by atoms with Crippen LogP contribution in [0.1, 0.15) is 21.8 Å². The molecule has 1 aromatic carbocycles. The highest BCUT2D eigenvalue weighted by atomic mass is 35.5. The van der Waals surface area contributed by atoms with Crippen LogP contribution in [0.5, 0.6) is 0 Å². The summed E-state index contributed by atoms with van der Waals surface area (Å²) in [7, 11) is 0. The number of aromatic nitrogens is 1. The van der Waals surface area contributed by atoms with E-state index in [0.29, 0.717) is 30.2 Å². The highest BCUT2D eigenvalue weighted by molar-refractivity contribution is 6.30. The summed E-state index contributed by atoms with van der Waals surface area (Å²) < 4.78 is 5.27. The standard InChI is InChI=1S/C19H18ClN3O2/c20-15-4-1-3-14(11-15)6-8-22-19(24)18-12-16(7-9-21-18)23-13-17-5-2-10-25-17/h1-5,7,9-12H,6,8,13H2,(H,21,23)(H,22,24). The van der Waals surface area contributed by atoms with Crippen LogP contribution in [0.25, 0.3) is 0 Å². The SMILES string of the molecule is O=C(NCCc1cccc(Cl)c1)c1cc(NCc2ccco2)ccn1. The number of anilines is 1. The molecule has 3 aromatic rings. The first-order chi connectivity index (χ1) is 12.2. The summed E-state index contributed by atoms with van der Waals surface area (Å²) in [6.45, 7) is 1.07. The molecule has 0 aliphatic rings. The van der Waals surface area contributed by atoms with Crippen molar-refractivity contribution in [1.29, 1.82) is 0 Å². The van der Waals surface area contributed by atoms with Crippen LogP contribution in [0.4, 0.5) is 5.69 Å². The zero-order valence-electron chi connectivity index (χ0n) is 13.5. The van der Waals surface area contributed by atoms with Gasteiger partial charge in [0.25, 0.3) is 5.91 Å². The van der Waals surface area contributed by atoms with Gasteiger partial charge in [-0.1, -0.05) is 23.7 Å². The summed E-state index contributed by atoms with van der Waals surface area (Å²) in [6.07, 6.45) is 3.95. The van der Waals surface area contributed by atoms with Crippen molar-refractivity contribution in [2.24, 2.45) is 0 Å². The van der Waals surface area contributed by atoms with Crippen LogP contribution in [0.15, 0.2) is 65.4 Å². The van der Waals surface area contributed by atoms with E-state index in [4.69, 9.17) is 16.0 Å². The van der Waals surface area contributed by atoms with E-state index in [1.165, 1.54) is 0 Å². The molecule has 25 heavy (non-hydrogen) atoms. The minimum atomic E-state index is -0.205. The second-order valence-electron chi connectivity index (χ2n) is 5.50. The summed E-state index contributed by atoms with van der Waals surface area (Å²) in [5, 5.41) is 6.77. The first-order valence-electron chi connectivity index (χ1n) is 7.96. The predicted molar refractivity (Wildman–Crippen MR) is 97.8 cm³/mol. The van der Waals surface area contributed by atoms with Crippen LogP contribution >= 0.6 is 11.6 Å². The Hall–Kier alpha value is -2.79. The smallest absolute Gasteiger partial charge is 0.269 e. The van der Waals surface area contributed by atoms with Crippen molar-refractivity contribution in [2.45, 2.75) is 13.0 Å². The Balaban J connectivity index is 1.52. The Morgan fingerprint density at radius 1 is 1.16 bits per heavy atom. The number of carbonyl (C=O) groups excluding carboxylic acids is 1. The maximum atomic E-state index is 12.2. The van der Waals surface area contributed by atoms with Gasteiger partial charge in [-0.3, -0.25) is 9.78 Å². The van der Waals surface area contributed by atoms with Crippen LogP contribution in [0.3, 0.4) is 0 Å². The number of carbonyl (C=O) groups is 1. The van der Waals surface area contributed by atoms with E-state index in [0.717, 1.165) is 17.0 Å². The molecule has 0 fully saturated rings. The van der Waals surface area contributed by atoms with Gasteiger partial charge < -0.3 is 15.1 Å². The Morgan fingerprint density at radius 2 is 2.08 bits per heavy atom. The number of furan rings is 1. The second-order valence-corrected chi connectivity index (χ2v) is 5.93. The van der Waals surface area contributed by atoms with Crippen molar-refractivity contribution < 1.29 is 9.21 Å². The summed E-state index contributed by atoms with van der Waals surface area (Å²) in [6, 6.07) is 14.9. The third-order valence-corrected chi connectivity index (χ3v) is 3.86. The molecule has 128 valence electrons. The van der Waals surface area contributed by atoms with E-state index < -0.39 is 0 Å². The molecule has 2 N–H and O–H groups in total. The molecule has 0 aliphatic carbocycles. The molecule has 0 saturated heterocycles. The number of hydrogen-bond acceptors (Lipinski definition) is 4. The fourth-order valence-electron chi connectivity index (χ4n) is 2.37. The molecule has 5 nitrogen and oxygen atoms in total. The maximum absolute atomic E-state index is 12.2. The van der Waals surface area contributed by atoms with Gasteiger partial charge >= 0.3 is 0 Å². The molecule has 3 rings (SSSR count). The number of benzene rings is 1. The van der Waals surface area contributed by atoms with E-state index >= 15 is 0 Å². The fourth-order valence-corrected chi connectivity index (χ4v) is 2.58. The van der Waals surface area contributed by atoms with Gasteiger partial charge in [0.2, 0.25) is 0 Å². The molecule has 0 atom stereocenters. The molecule has 2 aromatic heterocycles. The molecule has 0 saturated carbocycles. The van der Waals surface area contributed by atoms with Crippen molar-refractivity contribution in [3.8, 4) is 0 Å². The lowest BCUT2D eigenvalue weighted by molar-refractivity contribution is 0.0949. The predicted octanol–water partition coefficient (Wildman–Crippen LogP) is 3.91. The van der Waals surface area contributed by atoms with Crippen molar-refractivity contribution >= 4 is 23.2 Å². The van der Waals surface area contributed by atoms with Crippen LogP contribution in [0, 0.1) is 0 Å². The molecule has 0 aliphatic heterocycles. The van der Waals surface area contributed by atoms with Gasteiger partial charge in [-0.25, -0.2) is 0 Å². The van der Waals surface area contributed by atoms with Crippen LogP contribution in [-0.4, -0.2) is 17.4 Å². The molecule has 0 radical (unpaired) electrons. The fraction of sp³-hybridized carbons (Fsp3) is 0.158. The number of nitrogens with zero attached hydrogens (tertiary/aromatic N) is 1. The summed E-state index contributed by atoms with van der Waals surface area (Å²) in [5.74, 6) is 0.619. The van der Waals surface area contributed by atoms with E-state index in [1.54, 1.807) is 18.5 Å². The third-order valence-electron chi connectivity index (χ3n) is 3.63. The monoisotopic (exact) mass is 355 g/mol. The van der Waals surface area contributed by atoms with Crippen LogP contribution < -0.4 is 10.6 Å². The number of hydrogen-bond donors (Lipinski definition) is 2. The van der Waals surface area contributed by atoms with Crippen molar-refractivity contribution in [1.82, 2.24) is 10.3 Å². The molecule has 2 heterocycles. The minimum Gasteiger partial charge on any atom is -0.467 e.